The third-order valence-electron chi connectivity index (χ3n) is 5.14. The van der Waals surface area contributed by atoms with Crippen LogP contribution in [-0.4, -0.2) is 19.6 Å². The number of aliphatic hydroxyl groups excluding tert-OH is 1. The van der Waals surface area contributed by atoms with Gasteiger partial charge in [0.1, 0.15) is 17.7 Å². The van der Waals surface area contributed by atoms with Crippen LogP contribution in [0.3, 0.4) is 0 Å². The van der Waals surface area contributed by atoms with Gasteiger partial charge in [0.05, 0.1) is 11.3 Å². The fourth-order valence-corrected chi connectivity index (χ4v) is 3.78. The number of imidazole rings is 1. The number of rotatable bonds is 3. The van der Waals surface area contributed by atoms with Crippen LogP contribution in [0.5, 0.6) is 0 Å². The molecule has 2 aromatic rings. The largest absolute Gasteiger partial charge is 0.419 e. The van der Waals surface area contributed by atoms with E-state index in [4.69, 9.17) is 5.73 Å². The predicted molar refractivity (Wildman–Crippen MR) is 80.8 cm³/mol. The summed E-state index contributed by atoms with van der Waals surface area (Å²) in [5, 5.41) is 9.99. The Bertz CT molecular complexity index is 795. The monoisotopic (exact) mass is 338 g/mol. The lowest BCUT2D eigenvalue weighted by atomic mass is 9.49. The van der Waals surface area contributed by atoms with Gasteiger partial charge in [-0.25, -0.2) is 9.97 Å². The van der Waals surface area contributed by atoms with Crippen LogP contribution in [0.25, 0.3) is 11.3 Å². The van der Waals surface area contributed by atoms with Crippen molar-refractivity contribution in [2.75, 3.05) is 5.73 Å². The Morgan fingerprint density at radius 1 is 1.38 bits per heavy atom. The Kier molecular flexibility index (Phi) is 3.04. The molecule has 5 rings (SSSR count). The van der Waals surface area contributed by atoms with E-state index in [9.17, 15) is 18.3 Å². The van der Waals surface area contributed by atoms with E-state index in [2.05, 4.69) is 9.97 Å². The summed E-state index contributed by atoms with van der Waals surface area (Å²) in [6.45, 7) is 1.61. The van der Waals surface area contributed by atoms with E-state index in [0.717, 1.165) is 31.2 Å². The van der Waals surface area contributed by atoms with Crippen molar-refractivity contribution in [3.05, 3.63) is 29.8 Å². The summed E-state index contributed by atoms with van der Waals surface area (Å²) in [4.78, 5) is 8.03. The molecule has 5 nitrogen and oxygen atoms in total. The van der Waals surface area contributed by atoms with E-state index in [-0.39, 0.29) is 11.1 Å². The van der Waals surface area contributed by atoms with Gasteiger partial charge >= 0.3 is 6.18 Å². The molecule has 1 atom stereocenters. The minimum Gasteiger partial charge on any atom is -0.385 e. The van der Waals surface area contributed by atoms with Gasteiger partial charge in [0.15, 0.2) is 0 Å². The van der Waals surface area contributed by atoms with Crippen molar-refractivity contribution in [3.8, 4) is 11.3 Å². The van der Waals surface area contributed by atoms with E-state index in [1.807, 2.05) is 4.57 Å². The second kappa shape index (κ2) is 4.72. The van der Waals surface area contributed by atoms with Crippen molar-refractivity contribution in [2.24, 2.45) is 5.92 Å². The average Bonchev–Trinajstić information content (AvgIpc) is 2.79. The van der Waals surface area contributed by atoms with Crippen LogP contribution in [0.2, 0.25) is 0 Å². The standard InChI is InChI=1S/C16H17F3N4O/c1-8(24)14-22-12(7-23(14)15-3-9(4-15)5-15)10-2-11(16(17,18)19)13(20)21-6-10/h2,6-9,24H,3-5H2,1H3,(H2,20,21)/t8-,9?,15?/m0/s1. The molecule has 0 saturated heterocycles. The van der Waals surface area contributed by atoms with E-state index < -0.39 is 23.7 Å². The first kappa shape index (κ1) is 15.4. The van der Waals surface area contributed by atoms with Crippen molar-refractivity contribution in [2.45, 2.75) is 44.0 Å². The van der Waals surface area contributed by atoms with Gasteiger partial charge in [-0.2, -0.15) is 13.2 Å². The van der Waals surface area contributed by atoms with Gasteiger partial charge in [-0.3, -0.25) is 0 Å². The third kappa shape index (κ3) is 2.12. The fraction of sp³-hybridized carbons (Fsp3) is 0.500. The smallest absolute Gasteiger partial charge is 0.385 e. The highest BCUT2D eigenvalue weighted by atomic mass is 19.4. The molecule has 0 amide bonds. The van der Waals surface area contributed by atoms with E-state index in [0.29, 0.717) is 11.5 Å². The van der Waals surface area contributed by atoms with Crippen LogP contribution in [-0.2, 0) is 11.7 Å². The van der Waals surface area contributed by atoms with Crippen LogP contribution in [0.15, 0.2) is 18.5 Å². The summed E-state index contributed by atoms with van der Waals surface area (Å²) in [6.07, 6.45) is 0.756. The quantitative estimate of drug-likeness (QED) is 0.901. The molecule has 0 spiro atoms. The molecule has 0 aromatic carbocycles. The molecule has 3 N–H and O–H groups in total. The number of nitrogens with two attached hydrogens (primary N) is 1. The van der Waals surface area contributed by atoms with Gasteiger partial charge < -0.3 is 15.4 Å². The Morgan fingerprint density at radius 3 is 2.54 bits per heavy atom. The number of aliphatic hydroxyl groups is 1. The van der Waals surface area contributed by atoms with Gasteiger partial charge in [0.2, 0.25) is 0 Å². The number of hydrogen-bond acceptors (Lipinski definition) is 4. The number of alkyl halides is 3. The molecular weight excluding hydrogens is 321 g/mol. The molecule has 2 bridgehead atoms. The zero-order chi connectivity index (χ0) is 17.3. The third-order valence-corrected chi connectivity index (χ3v) is 5.14. The van der Waals surface area contributed by atoms with Crippen LogP contribution in [0.1, 0.15) is 43.7 Å². The van der Waals surface area contributed by atoms with Crippen LogP contribution >= 0.6 is 0 Å². The first-order chi connectivity index (χ1) is 11.2. The number of halogens is 3. The van der Waals surface area contributed by atoms with Crippen molar-refractivity contribution in [1.82, 2.24) is 14.5 Å². The molecule has 3 aliphatic carbocycles. The minimum absolute atomic E-state index is 0.0175. The topological polar surface area (TPSA) is 77.0 Å². The first-order valence-corrected chi connectivity index (χ1v) is 7.80. The summed E-state index contributed by atoms with van der Waals surface area (Å²) in [7, 11) is 0. The van der Waals surface area contributed by atoms with Gasteiger partial charge in [-0.05, 0) is 38.2 Å². The SMILES string of the molecule is C[C@H](O)c1nc(-c2cnc(N)c(C(F)(F)F)c2)cn1C12CC(C1)C2. The molecule has 0 aliphatic heterocycles. The van der Waals surface area contributed by atoms with Crippen molar-refractivity contribution in [1.29, 1.82) is 0 Å². The lowest BCUT2D eigenvalue weighted by molar-refractivity contribution is -0.137. The predicted octanol–water partition coefficient (Wildman–Crippen LogP) is 3.11. The van der Waals surface area contributed by atoms with Crippen LogP contribution in [0, 0.1) is 5.92 Å². The lowest BCUT2D eigenvalue weighted by Crippen LogP contribution is -2.59. The first-order valence-electron chi connectivity index (χ1n) is 7.80. The molecule has 0 radical (unpaired) electrons. The Morgan fingerprint density at radius 2 is 2.04 bits per heavy atom. The number of nitrogens with zero attached hydrogens (tertiary/aromatic N) is 3. The maximum Gasteiger partial charge on any atom is 0.419 e. The summed E-state index contributed by atoms with van der Waals surface area (Å²) >= 11 is 0. The summed E-state index contributed by atoms with van der Waals surface area (Å²) in [6, 6.07) is 0.961. The van der Waals surface area contributed by atoms with Crippen LogP contribution < -0.4 is 5.73 Å². The molecule has 2 heterocycles. The van der Waals surface area contributed by atoms with Crippen molar-refractivity contribution in [3.63, 3.8) is 0 Å². The second-order valence-corrected chi connectivity index (χ2v) is 6.89. The fourth-order valence-electron chi connectivity index (χ4n) is 3.78. The molecule has 3 aliphatic rings. The van der Waals surface area contributed by atoms with Gasteiger partial charge in [-0.15, -0.1) is 0 Å². The summed E-state index contributed by atoms with van der Waals surface area (Å²) in [5.74, 6) is 0.655. The normalized spacial score (nSPS) is 26.6. The number of hydrogen-bond donors (Lipinski definition) is 2. The average molecular weight is 338 g/mol. The zero-order valence-corrected chi connectivity index (χ0v) is 13.0. The number of aromatic nitrogens is 3. The molecule has 128 valence electrons. The van der Waals surface area contributed by atoms with E-state index in [1.165, 1.54) is 6.20 Å². The molecule has 2 aromatic heterocycles. The van der Waals surface area contributed by atoms with E-state index in [1.54, 1.807) is 13.1 Å². The van der Waals surface area contributed by atoms with Crippen molar-refractivity contribution >= 4 is 5.82 Å². The highest BCUT2D eigenvalue weighted by molar-refractivity contribution is 5.62. The molecule has 3 fully saturated rings. The molecule has 0 unspecified atom stereocenters. The van der Waals surface area contributed by atoms with Crippen LogP contribution in [0.4, 0.5) is 19.0 Å². The van der Waals surface area contributed by atoms with Gasteiger partial charge in [0.25, 0.3) is 0 Å². The lowest BCUT2D eigenvalue weighted by Gasteiger charge is -2.62. The Balaban J connectivity index is 1.79. The molecule has 24 heavy (non-hydrogen) atoms. The molecular formula is C16H17F3N4O. The zero-order valence-electron chi connectivity index (χ0n) is 13.0. The Labute approximate surface area is 136 Å². The maximum atomic E-state index is 13.0. The highest BCUT2D eigenvalue weighted by Crippen LogP contribution is 2.63. The second-order valence-electron chi connectivity index (χ2n) is 6.89. The number of nitrogen functional groups attached to an aromatic ring is 1. The maximum absolute atomic E-state index is 13.0. The number of anilines is 1. The molecule has 8 heteroatoms. The van der Waals surface area contributed by atoms with E-state index >= 15 is 0 Å². The van der Waals surface area contributed by atoms with Gasteiger partial charge in [-0.1, -0.05) is 0 Å². The number of pyridine rings is 1. The minimum atomic E-state index is -4.57. The summed E-state index contributed by atoms with van der Waals surface area (Å²) in [5.41, 5.74) is 4.96. The summed E-state index contributed by atoms with van der Waals surface area (Å²) < 4.78 is 41.0. The van der Waals surface area contributed by atoms with Gasteiger partial charge in [0, 0.05) is 23.5 Å². The van der Waals surface area contributed by atoms with Crippen molar-refractivity contribution < 1.29 is 18.3 Å². The highest BCUT2D eigenvalue weighted by Gasteiger charge is 2.58. The molecule has 3 saturated carbocycles. The Hall–Kier alpha value is -2.09.